The van der Waals surface area contributed by atoms with Crippen LogP contribution in [-0.4, -0.2) is 45.7 Å². The average molecular weight is 270 g/mol. The summed E-state index contributed by atoms with van der Waals surface area (Å²) < 4.78 is 0. The first-order valence-corrected chi connectivity index (χ1v) is 5.85. The maximum absolute atomic E-state index is 12.2. The average Bonchev–Trinajstić information content (AvgIpc) is 2.71. The highest BCUT2D eigenvalue weighted by Gasteiger charge is 2.39. The summed E-state index contributed by atoms with van der Waals surface area (Å²) in [5, 5.41) is 18.8. The number of aliphatic carboxylic acids is 1. The van der Waals surface area contributed by atoms with E-state index in [1.807, 2.05) is 0 Å². The summed E-state index contributed by atoms with van der Waals surface area (Å²) >= 11 is 5.90. The quantitative estimate of drug-likeness (QED) is 0.840. The van der Waals surface area contributed by atoms with Crippen LogP contribution in [0.15, 0.2) is 24.3 Å². The second kappa shape index (κ2) is 4.96. The second-order valence-corrected chi connectivity index (χ2v) is 4.59. The van der Waals surface area contributed by atoms with Gasteiger partial charge < -0.3 is 15.1 Å². The number of amides is 1. The van der Waals surface area contributed by atoms with Crippen LogP contribution in [0.1, 0.15) is 16.8 Å². The number of hydrogen-bond acceptors (Lipinski definition) is 3. The maximum atomic E-state index is 12.2. The second-order valence-electron chi connectivity index (χ2n) is 4.18. The van der Waals surface area contributed by atoms with Gasteiger partial charge in [0, 0.05) is 13.0 Å². The molecule has 2 rings (SSSR count). The summed E-state index contributed by atoms with van der Waals surface area (Å²) in [5.74, 6) is -1.59. The Labute approximate surface area is 109 Å². The molecule has 1 aliphatic rings. The zero-order valence-electron chi connectivity index (χ0n) is 9.41. The van der Waals surface area contributed by atoms with Crippen LogP contribution in [0.5, 0.6) is 0 Å². The van der Waals surface area contributed by atoms with Gasteiger partial charge in [0.15, 0.2) is 0 Å². The largest absolute Gasteiger partial charge is 0.480 e. The lowest BCUT2D eigenvalue weighted by atomic mass is 10.1. The van der Waals surface area contributed by atoms with E-state index in [9.17, 15) is 14.7 Å². The first-order chi connectivity index (χ1) is 8.50. The third kappa shape index (κ3) is 2.32. The molecule has 0 saturated carbocycles. The molecule has 2 N–H and O–H groups in total. The molecular formula is C12H12ClNO4. The first-order valence-electron chi connectivity index (χ1n) is 5.47. The predicted molar refractivity (Wildman–Crippen MR) is 64.5 cm³/mol. The summed E-state index contributed by atoms with van der Waals surface area (Å²) in [6, 6.07) is 5.45. The third-order valence-corrected chi connectivity index (χ3v) is 3.26. The fraction of sp³-hybridized carbons (Fsp3) is 0.333. The minimum Gasteiger partial charge on any atom is -0.480 e. The number of hydrogen-bond donors (Lipinski definition) is 2. The number of carboxylic acids is 1. The van der Waals surface area contributed by atoms with Gasteiger partial charge in [-0.2, -0.15) is 0 Å². The van der Waals surface area contributed by atoms with Crippen molar-refractivity contribution < 1.29 is 19.8 Å². The van der Waals surface area contributed by atoms with Gasteiger partial charge in [0.1, 0.15) is 6.04 Å². The van der Waals surface area contributed by atoms with Gasteiger partial charge in [0.25, 0.3) is 5.91 Å². The summed E-state index contributed by atoms with van der Waals surface area (Å²) in [6.07, 6.45) is -0.761. The number of aliphatic hydroxyl groups excluding tert-OH is 1. The van der Waals surface area contributed by atoms with Gasteiger partial charge in [-0.15, -0.1) is 0 Å². The Balaban J connectivity index is 2.28. The van der Waals surface area contributed by atoms with Gasteiger partial charge >= 0.3 is 5.97 Å². The molecule has 1 heterocycles. The Morgan fingerprint density at radius 1 is 1.33 bits per heavy atom. The SMILES string of the molecule is O=C(O)C1CC(O)CN1C(=O)c1ccccc1Cl. The van der Waals surface area contributed by atoms with E-state index < -0.39 is 24.0 Å². The van der Waals surface area contributed by atoms with Crippen molar-refractivity contribution in [3.05, 3.63) is 34.9 Å². The molecule has 1 aromatic rings. The minimum atomic E-state index is -1.12. The van der Waals surface area contributed by atoms with Crippen molar-refractivity contribution in [1.82, 2.24) is 4.90 Å². The van der Waals surface area contributed by atoms with Crippen molar-refractivity contribution in [3.63, 3.8) is 0 Å². The van der Waals surface area contributed by atoms with Crippen LogP contribution >= 0.6 is 11.6 Å². The summed E-state index contributed by atoms with van der Waals surface area (Å²) in [6.45, 7) is 0.0149. The van der Waals surface area contributed by atoms with Crippen LogP contribution in [0.25, 0.3) is 0 Å². The summed E-state index contributed by atoms with van der Waals surface area (Å²) in [4.78, 5) is 24.4. The molecule has 1 fully saturated rings. The molecule has 1 amide bonds. The van der Waals surface area contributed by atoms with Crippen molar-refractivity contribution in [2.24, 2.45) is 0 Å². The predicted octanol–water partition coefficient (Wildman–Crippen LogP) is 1.000. The number of carbonyl (C=O) groups excluding carboxylic acids is 1. The molecule has 0 radical (unpaired) electrons. The molecule has 0 aromatic heterocycles. The van der Waals surface area contributed by atoms with Crippen molar-refractivity contribution in [3.8, 4) is 0 Å². The lowest BCUT2D eigenvalue weighted by molar-refractivity contribution is -0.141. The molecule has 1 aromatic carbocycles. The smallest absolute Gasteiger partial charge is 0.326 e. The van der Waals surface area contributed by atoms with Gasteiger partial charge in [-0.3, -0.25) is 4.79 Å². The number of likely N-dealkylation sites (tertiary alicyclic amines) is 1. The lowest BCUT2D eigenvalue weighted by Gasteiger charge is -2.21. The third-order valence-electron chi connectivity index (χ3n) is 2.93. The normalized spacial score (nSPS) is 23.1. The summed E-state index contributed by atoms with van der Waals surface area (Å²) in [7, 11) is 0. The molecule has 96 valence electrons. The van der Waals surface area contributed by atoms with E-state index in [1.54, 1.807) is 18.2 Å². The van der Waals surface area contributed by atoms with Gasteiger partial charge in [-0.05, 0) is 12.1 Å². The van der Waals surface area contributed by atoms with Crippen LogP contribution in [0.3, 0.4) is 0 Å². The van der Waals surface area contributed by atoms with Crippen LogP contribution < -0.4 is 0 Å². The fourth-order valence-corrected chi connectivity index (χ4v) is 2.28. The number of benzene rings is 1. The Morgan fingerprint density at radius 2 is 2.00 bits per heavy atom. The van der Waals surface area contributed by atoms with Crippen LogP contribution in [0.4, 0.5) is 0 Å². The van der Waals surface area contributed by atoms with E-state index in [4.69, 9.17) is 16.7 Å². The topological polar surface area (TPSA) is 77.8 Å². The molecule has 0 bridgehead atoms. The van der Waals surface area contributed by atoms with Crippen LogP contribution in [0.2, 0.25) is 5.02 Å². The van der Waals surface area contributed by atoms with Crippen LogP contribution in [0, 0.1) is 0 Å². The minimum absolute atomic E-state index is 0.0149. The first kappa shape index (κ1) is 12.9. The van der Waals surface area contributed by atoms with Crippen molar-refractivity contribution >= 4 is 23.5 Å². The van der Waals surface area contributed by atoms with Crippen LogP contribution in [-0.2, 0) is 4.79 Å². The van der Waals surface area contributed by atoms with Gasteiger partial charge in [0.05, 0.1) is 16.7 Å². The lowest BCUT2D eigenvalue weighted by Crippen LogP contribution is -2.40. The zero-order valence-corrected chi connectivity index (χ0v) is 10.2. The fourth-order valence-electron chi connectivity index (χ4n) is 2.06. The standard InChI is InChI=1S/C12H12ClNO4/c13-9-4-2-1-3-8(9)11(16)14-6-7(15)5-10(14)12(17)18/h1-4,7,10,15H,5-6H2,(H,17,18). The molecular weight excluding hydrogens is 258 g/mol. The van der Waals surface area contributed by atoms with E-state index >= 15 is 0 Å². The molecule has 0 aliphatic carbocycles. The number of carbonyl (C=O) groups is 2. The van der Waals surface area contributed by atoms with Crippen molar-refractivity contribution in [2.75, 3.05) is 6.54 Å². The van der Waals surface area contributed by atoms with E-state index in [0.717, 1.165) is 4.90 Å². The Bertz CT molecular complexity index is 491. The Morgan fingerprint density at radius 3 is 2.61 bits per heavy atom. The highest BCUT2D eigenvalue weighted by molar-refractivity contribution is 6.33. The van der Waals surface area contributed by atoms with E-state index in [0.29, 0.717) is 0 Å². The van der Waals surface area contributed by atoms with E-state index in [1.165, 1.54) is 6.07 Å². The number of carboxylic acid groups (broad SMARTS) is 1. The number of β-amino-alcohol motifs (C(OH)–C–C–N with tert-alkyl or cyclic N) is 1. The Kier molecular flexibility index (Phi) is 3.54. The molecule has 1 saturated heterocycles. The van der Waals surface area contributed by atoms with Crippen molar-refractivity contribution in [2.45, 2.75) is 18.6 Å². The molecule has 2 unspecified atom stereocenters. The molecule has 18 heavy (non-hydrogen) atoms. The van der Waals surface area contributed by atoms with Gasteiger partial charge in [-0.25, -0.2) is 4.79 Å². The highest BCUT2D eigenvalue weighted by Crippen LogP contribution is 2.24. The van der Waals surface area contributed by atoms with Gasteiger partial charge in [0.2, 0.25) is 0 Å². The molecule has 1 aliphatic heterocycles. The number of rotatable bonds is 2. The highest BCUT2D eigenvalue weighted by atomic mass is 35.5. The summed E-state index contributed by atoms with van der Waals surface area (Å²) in [5.41, 5.74) is 0.250. The van der Waals surface area contributed by atoms with E-state index in [2.05, 4.69) is 0 Å². The molecule has 5 nitrogen and oxygen atoms in total. The van der Waals surface area contributed by atoms with E-state index in [-0.39, 0.29) is 23.6 Å². The molecule has 2 atom stereocenters. The number of nitrogens with zero attached hydrogens (tertiary/aromatic N) is 1. The molecule has 0 spiro atoms. The van der Waals surface area contributed by atoms with Crippen molar-refractivity contribution in [1.29, 1.82) is 0 Å². The number of halogens is 1. The Hall–Kier alpha value is -1.59. The number of aliphatic hydroxyl groups is 1. The zero-order chi connectivity index (χ0) is 13.3. The molecule has 6 heteroatoms. The maximum Gasteiger partial charge on any atom is 0.326 e. The monoisotopic (exact) mass is 269 g/mol. The van der Waals surface area contributed by atoms with Gasteiger partial charge in [-0.1, -0.05) is 23.7 Å².